The van der Waals surface area contributed by atoms with E-state index in [2.05, 4.69) is 30.3 Å². The number of carbonyl (C=O) groups excluding carboxylic acids is 1. The minimum Gasteiger partial charge on any atom is -0.452 e. The molecule has 0 fully saturated rings. The number of hydrogen-bond donors (Lipinski definition) is 2. The van der Waals surface area contributed by atoms with Crippen molar-refractivity contribution in [2.24, 2.45) is 0 Å². The Kier molecular flexibility index (Phi) is 5.28. The van der Waals surface area contributed by atoms with E-state index in [0.29, 0.717) is 0 Å². The molecule has 0 radical (unpaired) electrons. The van der Waals surface area contributed by atoms with Gasteiger partial charge in [-0.25, -0.2) is 18.7 Å². The van der Waals surface area contributed by atoms with Gasteiger partial charge in [0, 0.05) is 25.5 Å². The molecule has 0 bridgehead atoms. The smallest absolute Gasteiger partial charge is 0.304 e. The normalized spacial score (nSPS) is 11.9. The van der Waals surface area contributed by atoms with Crippen molar-refractivity contribution >= 4 is 17.5 Å². The highest BCUT2D eigenvalue weighted by atomic mass is 19.3. The van der Waals surface area contributed by atoms with Crippen molar-refractivity contribution in [3.63, 3.8) is 0 Å². The highest BCUT2D eigenvalue weighted by molar-refractivity contribution is 6.03. The molecule has 23 heavy (non-hydrogen) atoms. The minimum atomic E-state index is -3.31. The summed E-state index contributed by atoms with van der Waals surface area (Å²) in [6.45, 7) is 0. The summed E-state index contributed by atoms with van der Waals surface area (Å²) in [6.07, 6.45) is -2.41. The molecule has 2 aromatic heterocycles. The largest absolute Gasteiger partial charge is 0.452 e. The van der Waals surface area contributed by atoms with Crippen LogP contribution >= 0.6 is 0 Å². The van der Waals surface area contributed by atoms with Crippen LogP contribution in [0.2, 0.25) is 0 Å². The zero-order valence-electron chi connectivity index (χ0n) is 11.8. The molecule has 1 amide bonds. The number of anilines is 2. The molecule has 7 nitrogen and oxygen atoms in total. The van der Waals surface area contributed by atoms with Crippen LogP contribution in [0.5, 0.6) is 5.75 Å². The Morgan fingerprint density at radius 3 is 2.74 bits per heavy atom. The topological polar surface area (TPSA) is 89.0 Å². The van der Waals surface area contributed by atoms with Gasteiger partial charge in [-0.15, -0.1) is 0 Å². The summed E-state index contributed by atoms with van der Waals surface area (Å²) in [5.74, 6) is -0.708. The number of carbonyl (C=O) groups is 1. The molecule has 122 valence electrons. The fraction of sp³-hybridized carbons (Fsp3) is 0.231. The second kappa shape index (κ2) is 7.38. The fourth-order valence-corrected chi connectivity index (χ4v) is 1.54. The Morgan fingerprint density at radius 2 is 2.04 bits per heavy atom. The van der Waals surface area contributed by atoms with Crippen molar-refractivity contribution in [3.8, 4) is 5.75 Å². The van der Waals surface area contributed by atoms with Gasteiger partial charge in [0.2, 0.25) is 5.95 Å². The maximum absolute atomic E-state index is 13.0. The van der Waals surface area contributed by atoms with Crippen LogP contribution in [0.4, 0.5) is 24.8 Å². The number of amides is 1. The number of pyridine rings is 1. The van der Waals surface area contributed by atoms with Crippen molar-refractivity contribution in [2.75, 3.05) is 17.7 Å². The Bertz CT molecular complexity index is 686. The van der Waals surface area contributed by atoms with E-state index in [4.69, 9.17) is 0 Å². The first kappa shape index (κ1) is 16.5. The van der Waals surface area contributed by atoms with Gasteiger partial charge in [-0.2, -0.15) is 4.39 Å². The number of ether oxygens (including phenoxy) is 1. The molecule has 1 unspecified atom stereocenters. The molecule has 2 N–H and O–H groups in total. The SMILES string of the molecule is CNc1nccc(C(=O)Nc2cnccc2OC(F)C(F)F)n1. The standard InChI is InChI=1S/C13H12F3N5O2/c1-17-13-19-5-2-7(21-13)12(22)20-8-6-18-4-3-9(8)23-11(16)10(14)15/h2-6,10-11H,1H3,(H,20,22)(H,17,19,21). The highest BCUT2D eigenvalue weighted by Crippen LogP contribution is 2.25. The summed E-state index contributed by atoms with van der Waals surface area (Å²) in [5, 5.41) is 5.03. The molecular formula is C13H12F3N5O2. The molecule has 2 heterocycles. The zero-order valence-corrected chi connectivity index (χ0v) is 11.8. The summed E-state index contributed by atoms with van der Waals surface area (Å²) < 4.78 is 41.9. The lowest BCUT2D eigenvalue weighted by molar-refractivity contribution is -0.0665. The van der Waals surface area contributed by atoms with Gasteiger partial charge >= 0.3 is 6.43 Å². The van der Waals surface area contributed by atoms with E-state index in [0.717, 1.165) is 12.3 Å². The molecule has 10 heteroatoms. The van der Waals surface area contributed by atoms with Gasteiger partial charge in [0.05, 0.1) is 6.20 Å². The first-order chi connectivity index (χ1) is 11.0. The number of aromatic nitrogens is 3. The van der Waals surface area contributed by atoms with E-state index < -0.39 is 18.7 Å². The predicted octanol–water partition coefficient (Wildman–Crippen LogP) is 2.11. The molecule has 1 atom stereocenters. The van der Waals surface area contributed by atoms with Crippen LogP contribution in [0.3, 0.4) is 0 Å². The summed E-state index contributed by atoms with van der Waals surface area (Å²) in [5.41, 5.74) is -0.0461. The van der Waals surface area contributed by atoms with E-state index in [1.807, 2.05) is 0 Å². The summed E-state index contributed by atoms with van der Waals surface area (Å²) in [4.78, 5) is 23.6. The number of halogens is 3. The Labute approximate surface area is 128 Å². The maximum atomic E-state index is 13.0. The van der Waals surface area contributed by atoms with E-state index >= 15 is 0 Å². The van der Waals surface area contributed by atoms with Crippen molar-refractivity contribution in [3.05, 3.63) is 36.4 Å². The van der Waals surface area contributed by atoms with Crippen LogP contribution in [-0.2, 0) is 0 Å². The lowest BCUT2D eigenvalue weighted by Crippen LogP contribution is -2.21. The van der Waals surface area contributed by atoms with Gasteiger partial charge in [-0.05, 0) is 6.07 Å². The fourth-order valence-electron chi connectivity index (χ4n) is 1.54. The van der Waals surface area contributed by atoms with Crippen LogP contribution in [0.1, 0.15) is 10.5 Å². The lowest BCUT2D eigenvalue weighted by atomic mass is 10.3. The number of rotatable bonds is 6. The van der Waals surface area contributed by atoms with Crippen molar-refractivity contribution in [1.82, 2.24) is 15.0 Å². The summed E-state index contributed by atoms with van der Waals surface area (Å²) in [6, 6.07) is 2.51. The van der Waals surface area contributed by atoms with Gasteiger partial charge < -0.3 is 15.4 Å². The minimum absolute atomic E-state index is 0.0183. The molecule has 0 aromatic carbocycles. The molecule has 0 saturated carbocycles. The third kappa shape index (κ3) is 4.28. The predicted molar refractivity (Wildman–Crippen MR) is 75.3 cm³/mol. The zero-order chi connectivity index (χ0) is 16.8. The average molecular weight is 327 g/mol. The number of nitrogens with one attached hydrogen (secondary N) is 2. The van der Waals surface area contributed by atoms with Gasteiger partial charge in [-0.1, -0.05) is 0 Å². The Balaban J connectivity index is 2.17. The molecule has 0 aliphatic carbocycles. The number of nitrogens with zero attached hydrogens (tertiary/aromatic N) is 3. The van der Waals surface area contributed by atoms with E-state index in [9.17, 15) is 18.0 Å². The molecule has 0 saturated heterocycles. The summed E-state index contributed by atoms with van der Waals surface area (Å²) in [7, 11) is 1.58. The molecular weight excluding hydrogens is 315 g/mol. The Hall–Kier alpha value is -2.91. The van der Waals surface area contributed by atoms with Crippen molar-refractivity contribution < 1.29 is 22.7 Å². The summed E-state index contributed by atoms with van der Waals surface area (Å²) >= 11 is 0. The second-order valence-corrected chi connectivity index (χ2v) is 4.14. The van der Waals surface area contributed by atoms with Crippen molar-refractivity contribution in [1.29, 1.82) is 0 Å². The molecule has 2 rings (SSSR count). The number of hydrogen-bond acceptors (Lipinski definition) is 6. The highest BCUT2D eigenvalue weighted by Gasteiger charge is 2.22. The van der Waals surface area contributed by atoms with Crippen LogP contribution < -0.4 is 15.4 Å². The van der Waals surface area contributed by atoms with Crippen LogP contribution in [0.15, 0.2) is 30.7 Å². The quantitative estimate of drug-likeness (QED) is 0.845. The number of alkyl halides is 3. The van der Waals surface area contributed by atoms with Crippen LogP contribution in [0.25, 0.3) is 0 Å². The van der Waals surface area contributed by atoms with Gasteiger partial charge in [0.15, 0.2) is 0 Å². The van der Waals surface area contributed by atoms with Crippen molar-refractivity contribution in [2.45, 2.75) is 12.8 Å². The molecule has 2 aromatic rings. The monoisotopic (exact) mass is 327 g/mol. The van der Waals surface area contributed by atoms with E-state index in [1.54, 1.807) is 7.05 Å². The van der Waals surface area contributed by atoms with Gasteiger partial charge in [-0.3, -0.25) is 9.78 Å². The van der Waals surface area contributed by atoms with E-state index in [-0.39, 0.29) is 23.1 Å². The van der Waals surface area contributed by atoms with Gasteiger partial charge in [0.1, 0.15) is 17.1 Å². The first-order valence-corrected chi connectivity index (χ1v) is 6.36. The molecule has 0 spiro atoms. The third-order valence-electron chi connectivity index (χ3n) is 2.58. The van der Waals surface area contributed by atoms with Crippen LogP contribution in [-0.4, -0.2) is 40.7 Å². The van der Waals surface area contributed by atoms with Crippen LogP contribution in [0, 0.1) is 0 Å². The first-order valence-electron chi connectivity index (χ1n) is 6.36. The van der Waals surface area contributed by atoms with E-state index in [1.165, 1.54) is 18.5 Å². The lowest BCUT2D eigenvalue weighted by Gasteiger charge is -2.14. The van der Waals surface area contributed by atoms with Gasteiger partial charge in [0.25, 0.3) is 12.3 Å². The Morgan fingerprint density at radius 1 is 1.26 bits per heavy atom. The maximum Gasteiger partial charge on any atom is 0.304 e. The second-order valence-electron chi connectivity index (χ2n) is 4.14. The molecule has 0 aliphatic heterocycles. The average Bonchev–Trinajstić information content (AvgIpc) is 2.56. The third-order valence-corrected chi connectivity index (χ3v) is 2.58. The molecule has 0 aliphatic rings.